The lowest BCUT2D eigenvalue weighted by Crippen LogP contribution is -2.16. The maximum atomic E-state index is 8.77. The highest BCUT2D eigenvalue weighted by Gasteiger charge is 2.06. The summed E-state index contributed by atoms with van der Waals surface area (Å²) >= 11 is 1.74. The minimum atomic E-state index is 0.125. The van der Waals surface area contributed by atoms with Crippen molar-refractivity contribution in [2.24, 2.45) is 0 Å². The Hall–Kier alpha value is -1.60. The summed E-state index contributed by atoms with van der Waals surface area (Å²) in [5, 5.41) is 10.8. The van der Waals surface area contributed by atoms with E-state index in [1.54, 1.807) is 11.3 Å². The van der Waals surface area contributed by atoms with Crippen molar-refractivity contribution >= 4 is 11.3 Å². The van der Waals surface area contributed by atoms with E-state index in [4.69, 9.17) is 5.11 Å². The summed E-state index contributed by atoms with van der Waals surface area (Å²) < 4.78 is 0. The molecule has 20 heavy (non-hydrogen) atoms. The van der Waals surface area contributed by atoms with Gasteiger partial charge in [0.15, 0.2) is 0 Å². The van der Waals surface area contributed by atoms with E-state index in [1.807, 2.05) is 6.07 Å². The third-order valence-corrected chi connectivity index (χ3v) is 3.82. The normalized spacial score (nSPS) is 10.3. The summed E-state index contributed by atoms with van der Waals surface area (Å²) in [6.45, 7) is 1.96. The fourth-order valence-electron chi connectivity index (χ4n) is 1.98. The Balaban J connectivity index is 1.97. The van der Waals surface area contributed by atoms with Crippen LogP contribution in [0.15, 0.2) is 41.8 Å². The summed E-state index contributed by atoms with van der Waals surface area (Å²) in [7, 11) is 2.12. The van der Waals surface area contributed by atoms with Crippen molar-refractivity contribution in [1.82, 2.24) is 4.90 Å². The molecule has 2 rings (SSSR count). The van der Waals surface area contributed by atoms with Gasteiger partial charge in [0.2, 0.25) is 0 Å². The van der Waals surface area contributed by atoms with E-state index in [0.717, 1.165) is 18.7 Å². The van der Waals surface area contributed by atoms with Gasteiger partial charge in [0.1, 0.15) is 0 Å². The Bertz CT molecular complexity index is 580. The van der Waals surface area contributed by atoms with Gasteiger partial charge in [-0.15, -0.1) is 11.3 Å². The minimum absolute atomic E-state index is 0.125. The molecule has 0 saturated heterocycles. The summed E-state index contributed by atoms with van der Waals surface area (Å²) in [6.07, 6.45) is 0.537. The van der Waals surface area contributed by atoms with E-state index >= 15 is 0 Å². The Morgan fingerprint density at radius 1 is 1.15 bits per heavy atom. The molecule has 2 aromatic rings. The Kier molecular flexibility index (Phi) is 5.82. The minimum Gasteiger partial charge on any atom is -0.395 e. The first-order valence-corrected chi connectivity index (χ1v) is 7.56. The molecule has 0 bridgehead atoms. The van der Waals surface area contributed by atoms with E-state index in [1.165, 1.54) is 10.4 Å². The molecule has 0 amide bonds. The monoisotopic (exact) mass is 285 g/mol. The molecule has 0 spiro atoms. The highest BCUT2D eigenvalue weighted by atomic mass is 32.1. The first kappa shape index (κ1) is 14.8. The molecule has 1 aromatic carbocycles. The zero-order chi connectivity index (χ0) is 14.2. The van der Waals surface area contributed by atoms with Crippen LogP contribution in [-0.2, 0) is 13.1 Å². The number of benzene rings is 1. The van der Waals surface area contributed by atoms with Crippen molar-refractivity contribution in [3.63, 3.8) is 0 Å². The summed E-state index contributed by atoms with van der Waals surface area (Å²) in [5.74, 6) is 6.13. The van der Waals surface area contributed by atoms with Crippen LogP contribution in [0.5, 0.6) is 0 Å². The Labute approximate surface area is 124 Å². The van der Waals surface area contributed by atoms with Crippen molar-refractivity contribution < 1.29 is 5.11 Å². The van der Waals surface area contributed by atoms with Crippen LogP contribution in [0.4, 0.5) is 0 Å². The van der Waals surface area contributed by atoms with Crippen molar-refractivity contribution in [2.75, 3.05) is 13.7 Å². The molecule has 0 unspecified atom stereocenters. The van der Waals surface area contributed by atoms with Crippen LogP contribution in [0.1, 0.15) is 22.4 Å². The molecule has 0 aliphatic carbocycles. The van der Waals surface area contributed by atoms with Crippen LogP contribution in [0.2, 0.25) is 0 Å². The van der Waals surface area contributed by atoms with Gasteiger partial charge in [-0.05, 0) is 24.1 Å². The van der Waals surface area contributed by atoms with Gasteiger partial charge in [-0.1, -0.05) is 42.2 Å². The van der Waals surface area contributed by atoms with Crippen molar-refractivity contribution in [1.29, 1.82) is 0 Å². The van der Waals surface area contributed by atoms with Crippen LogP contribution in [-0.4, -0.2) is 23.7 Å². The molecule has 0 aliphatic heterocycles. The van der Waals surface area contributed by atoms with Gasteiger partial charge in [-0.3, -0.25) is 4.90 Å². The summed E-state index contributed by atoms with van der Waals surface area (Å²) in [6, 6.07) is 12.5. The van der Waals surface area contributed by atoms with Gasteiger partial charge in [0, 0.05) is 30.0 Å². The van der Waals surface area contributed by atoms with Crippen molar-refractivity contribution in [2.45, 2.75) is 19.5 Å². The van der Waals surface area contributed by atoms with E-state index in [9.17, 15) is 0 Å². The number of aliphatic hydroxyl groups is 1. The number of hydrogen-bond donors (Lipinski definition) is 1. The molecule has 1 heterocycles. The topological polar surface area (TPSA) is 23.5 Å². The second-order valence-corrected chi connectivity index (χ2v) is 5.69. The lowest BCUT2D eigenvalue weighted by Gasteiger charge is -2.16. The van der Waals surface area contributed by atoms with Gasteiger partial charge in [0.25, 0.3) is 0 Å². The van der Waals surface area contributed by atoms with Crippen molar-refractivity contribution in [3.05, 3.63) is 57.8 Å². The first-order chi connectivity index (χ1) is 9.79. The van der Waals surface area contributed by atoms with Gasteiger partial charge in [-0.2, -0.15) is 0 Å². The quantitative estimate of drug-likeness (QED) is 0.853. The average molecular weight is 285 g/mol. The molecule has 0 saturated carbocycles. The molecular weight excluding hydrogens is 266 g/mol. The van der Waals surface area contributed by atoms with Crippen molar-refractivity contribution in [3.8, 4) is 11.8 Å². The SMILES string of the molecule is CN(Cc1ccccc1)Cc1sccc1C#CCCO. The number of thiophene rings is 1. The van der Waals surface area contributed by atoms with E-state index in [2.05, 4.69) is 59.5 Å². The largest absolute Gasteiger partial charge is 0.395 e. The predicted molar refractivity (Wildman–Crippen MR) is 84.5 cm³/mol. The van der Waals surface area contributed by atoms with Gasteiger partial charge >= 0.3 is 0 Å². The molecule has 0 fully saturated rings. The van der Waals surface area contributed by atoms with Crippen LogP contribution in [0, 0.1) is 11.8 Å². The van der Waals surface area contributed by atoms with E-state index in [-0.39, 0.29) is 6.61 Å². The fourth-order valence-corrected chi connectivity index (χ4v) is 2.89. The van der Waals surface area contributed by atoms with Gasteiger partial charge < -0.3 is 5.11 Å². The number of hydrogen-bond acceptors (Lipinski definition) is 3. The second-order valence-electron chi connectivity index (χ2n) is 4.69. The zero-order valence-electron chi connectivity index (χ0n) is 11.7. The molecule has 3 heteroatoms. The Morgan fingerprint density at radius 2 is 1.95 bits per heavy atom. The number of rotatable bonds is 5. The lowest BCUT2D eigenvalue weighted by atomic mass is 10.2. The average Bonchev–Trinajstić information content (AvgIpc) is 2.87. The third kappa shape index (κ3) is 4.50. The lowest BCUT2D eigenvalue weighted by molar-refractivity contribution is 0.305. The molecule has 0 aliphatic rings. The fraction of sp³-hybridized carbons (Fsp3) is 0.294. The van der Waals surface area contributed by atoms with E-state index < -0.39 is 0 Å². The summed E-state index contributed by atoms with van der Waals surface area (Å²) in [4.78, 5) is 3.58. The predicted octanol–water partition coefficient (Wildman–Crippen LogP) is 3.11. The molecule has 2 nitrogen and oxygen atoms in total. The van der Waals surface area contributed by atoms with E-state index in [0.29, 0.717) is 6.42 Å². The Morgan fingerprint density at radius 3 is 2.70 bits per heavy atom. The highest BCUT2D eigenvalue weighted by Crippen LogP contribution is 2.18. The van der Waals surface area contributed by atoms with Crippen LogP contribution >= 0.6 is 11.3 Å². The number of nitrogens with zero attached hydrogens (tertiary/aromatic N) is 1. The maximum Gasteiger partial charge on any atom is 0.0540 e. The highest BCUT2D eigenvalue weighted by molar-refractivity contribution is 7.10. The smallest absolute Gasteiger partial charge is 0.0540 e. The molecule has 1 aromatic heterocycles. The standard InChI is InChI=1S/C17H19NOS/c1-18(13-15-7-3-2-4-8-15)14-17-16(10-12-20-17)9-5-6-11-19/h2-4,7-8,10,12,19H,6,11,13-14H2,1H3. The molecule has 1 N–H and O–H groups in total. The third-order valence-electron chi connectivity index (χ3n) is 2.91. The maximum absolute atomic E-state index is 8.77. The van der Waals surface area contributed by atoms with Crippen LogP contribution in [0.25, 0.3) is 0 Å². The van der Waals surface area contributed by atoms with Crippen LogP contribution < -0.4 is 0 Å². The van der Waals surface area contributed by atoms with Crippen LogP contribution in [0.3, 0.4) is 0 Å². The molecular formula is C17H19NOS. The van der Waals surface area contributed by atoms with Gasteiger partial charge in [0.05, 0.1) is 6.61 Å². The first-order valence-electron chi connectivity index (χ1n) is 6.68. The summed E-state index contributed by atoms with van der Waals surface area (Å²) in [5.41, 5.74) is 2.41. The number of aliphatic hydroxyl groups excluding tert-OH is 1. The molecule has 0 atom stereocenters. The second kappa shape index (κ2) is 7.86. The zero-order valence-corrected chi connectivity index (χ0v) is 12.5. The molecule has 104 valence electrons. The van der Waals surface area contributed by atoms with Gasteiger partial charge in [-0.25, -0.2) is 0 Å². The molecule has 0 radical (unpaired) electrons.